The maximum Gasteiger partial charge on any atom is 0.154 e. The number of para-hydroxylation sites is 1. The average molecular weight is 278 g/mol. The molecule has 0 aliphatic carbocycles. The van der Waals surface area contributed by atoms with Crippen molar-refractivity contribution in [2.24, 2.45) is 5.73 Å². The van der Waals surface area contributed by atoms with Crippen LogP contribution in [0.1, 0.15) is 17.4 Å². The summed E-state index contributed by atoms with van der Waals surface area (Å²) in [5.41, 5.74) is 8.35. The molecule has 5 nitrogen and oxygen atoms in total. The summed E-state index contributed by atoms with van der Waals surface area (Å²) in [5, 5.41) is 8.03. The molecule has 0 fully saturated rings. The van der Waals surface area contributed by atoms with Crippen molar-refractivity contribution in [2.45, 2.75) is 12.5 Å². The van der Waals surface area contributed by atoms with Crippen LogP contribution in [0.15, 0.2) is 54.9 Å². The predicted molar refractivity (Wildman–Crippen MR) is 78.5 cm³/mol. The second-order valence-corrected chi connectivity index (χ2v) is 5.08. The van der Waals surface area contributed by atoms with Gasteiger partial charge in [-0.1, -0.05) is 18.2 Å². The maximum atomic E-state index is 6.14. The summed E-state index contributed by atoms with van der Waals surface area (Å²) in [6, 6.07) is 15.6. The first-order chi connectivity index (χ1) is 10.3. The van der Waals surface area contributed by atoms with Gasteiger partial charge in [-0.3, -0.25) is 4.57 Å². The summed E-state index contributed by atoms with van der Waals surface area (Å²) in [5.74, 6) is 2.44. The highest BCUT2D eigenvalue weighted by Crippen LogP contribution is 2.32. The Kier molecular flexibility index (Phi) is 2.72. The number of hydrogen-bond donors (Lipinski definition) is 1. The van der Waals surface area contributed by atoms with Crippen LogP contribution in [0.5, 0.6) is 11.5 Å². The van der Waals surface area contributed by atoms with Gasteiger partial charge in [-0.15, -0.1) is 10.2 Å². The molecule has 1 aromatic heterocycles. The highest BCUT2D eigenvalue weighted by atomic mass is 16.5. The molecule has 2 aromatic carbocycles. The Bertz CT molecular complexity index is 782. The first kappa shape index (κ1) is 12.1. The number of hydrogen-bond acceptors (Lipinski definition) is 4. The second-order valence-electron chi connectivity index (χ2n) is 5.08. The largest absolute Gasteiger partial charge is 0.457 e. The van der Waals surface area contributed by atoms with Crippen molar-refractivity contribution in [3.63, 3.8) is 0 Å². The molecular formula is C16H14N4O. The van der Waals surface area contributed by atoms with Crippen LogP contribution in [0.25, 0.3) is 5.69 Å². The van der Waals surface area contributed by atoms with Crippen LogP contribution in [0.3, 0.4) is 0 Å². The summed E-state index contributed by atoms with van der Waals surface area (Å²) in [6.07, 6.45) is 2.44. The normalized spacial score (nSPS) is 16.1. The van der Waals surface area contributed by atoms with Crippen molar-refractivity contribution in [3.05, 3.63) is 66.2 Å². The summed E-state index contributed by atoms with van der Waals surface area (Å²) < 4.78 is 7.81. The van der Waals surface area contributed by atoms with Crippen LogP contribution in [-0.2, 0) is 6.42 Å². The van der Waals surface area contributed by atoms with Gasteiger partial charge in [-0.05, 0) is 42.3 Å². The molecular weight excluding hydrogens is 264 g/mol. The molecule has 21 heavy (non-hydrogen) atoms. The average Bonchev–Trinajstić information content (AvgIpc) is 2.98. The van der Waals surface area contributed by atoms with Crippen molar-refractivity contribution in [3.8, 4) is 17.2 Å². The Balaban J connectivity index is 1.71. The third kappa shape index (κ3) is 2.08. The summed E-state index contributed by atoms with van der Waals surface area (Å²) in [7, 11) is 0. The van der Waals surface area contributed by atoms with Gasteiger partial charge in [0.25, 0.3) is 0 Å². The minimum Gasteiger partial charge on any atom is -0.457 e. The number of fused-ring (bicyclic) bond motifs is 3. The van der Waals surface area contributed by atoms with Crippen molar-refractivity contribution in [2.75, 3.05) is 0 Å². The number of rotatable bonds is 2. The lowest BCUT2D eigenvalue weighted by Gasteiger charge is -2.22. The van der Waals surface area contributed by atoms with Crippen LogP contribution in [0.4, 0.5) is 0 Å². The molecule has 2 heterocycles. The molecule has 1 aliphatic rings. The molecule has 1 unspecified atom stereocenters. The molecule has 0 amide bonds. The Morgan fingerprint density at radius 2 is 1.95 bits per heavy atom. The molecule has 0 saturated heterocycles. The van der Waals surface area contributed by atoms with E-state index in [1.54, 1.807) is 6.33 Å². The van der Waals surface area contributed by atoms with Gasteiger partial charge in [0.05, 0.1) is 11.7 Å². The predicted octanol–water partition coefficient (Wildman–Crippen LogP) is 2.62. The number of benzene rings is 2. The Hall–Kier alpha value is -2.66. The first-order valence-electron chi connectivity index (χ1n) is 6.83. The fraction of sp³-hybridized carbons (Fsp3) is 0.125. The van der Waals surface area contributed by atoms with E-state index in [-0.39, 0.29) is 6.04 Å². The van der Waals surface area contributed by atoms with E-state index in [0.717, 1.165) is 35.0 Å². The zero-order valence-corrected chi connectivity index (χ0v) is 11.3. The fourth-order valence-electron chi connectivity index (χ4n) is 2.66. The molecule has 1 aliphatic heterocycles. The molecule has 2 N–H and O–H groups in total. The Morgan fingerprint density at radius 3 is 2.81 bits per heavy atom. The van der Waals surface area contributed by atoms with E-state index in [1.165, 1.54) is 0 Å². The summed E-state index contributed by atoms with van der Waals surface area (Å²) in [6.45, 7) is 0. The van der Waals surface area contributed by atoms with Crippen LogP contribution in [0, 0.1) is 0 Å². The summed E-state index contributed by atoms with van der Waals surface area (Å²) >= 11 is 0. The van der Waals surface area contributed by atoms with E-state index < -0.39 is 0 Å². The van der Waals surface area contributed by atoms with Gasteiger partial charge in [-0.2, -0.15) is 0 Å². The van der Waals surface area contributed by atoms with Crippen LogP contribution >= 0.6 is 0 Å². The fourth-order valence-corrected chi connectivity index (χ4v) is 2.66. The van der Waals surface area contributed by atoms with Crippen LogP contribution in [0.2, 0.25) is 0 Å². The molecule has 5 heteroatoms. The molecule has 4 rings (SSSR count). The Labute approximate surface area is 122 Å². The zero-order valence-electron chi connectivity index (χ0n) is 11.3. The highest BCUT2D eigenvalue weighted by Gasteiger charge is 2.24. The molecule has 0 saturated carbocycles. The van der Waals surface area contributed by atoms with Gasteiger partial charge in [0, 0.05) is 0 Å². The van der Waals surface area contributed by atoms with Gasteiger partial charge in [-0.25, -0.2) is 0 Å². The molecule has 1 atom stereocenters. The van der Waals surface area contributed by atoms with Gasteiger partial charge in [0.2, 0.25) is 0 Å². The van der Waals surface area contributed by atoms with E-state index in [2.05, 4.69) is 10.2 Å². The SMILES string of the molecule is NC1Cc2cc(Oc3ccccc3)ccc2-n2cnnc21. The second kappa shape index (κ2) is 4.71. The quantitative estimate of drug-likeness (QED) is 0.782. The molecule has 104 valence electrons. The van der Waals surface area contributed by atoms with Gasteiger partial charge in [0.1, 0.15) is 17.8 Å². The molecule has 0 radical (unpaired) electrons. The number of nitrogens with two attached hydrogens (primary N) is 1. The Morgan fingerprint density at radius 1 is 1.10 bits per heavy atom. The van der Waals surface area contributed by atoms with Gasteiger partial charge >= 0.3 is 0 Å². The standard InChI is InChI=1S/C16H14N4O/c17-14-9-11-8-13(21-12-4-2-1-3-5-12)6-7-15(11)20-10-18-19-16(14)20/h1-8,10,14H,9,17H2. The highest BCUT2D eigenvalue weighted by molar-refractivity contribution is 5.50. The number of nitrogens with zero attached hydrogens (tertiary/aromatic N) is 3. The van der Waals surface area contributed by atoms with E-state index in [1.807, 2.05) is 53.1 Å². The molecule has 0 spiro atoms. The van der Waals surface area contributed by atoms with Crippen molar-refractivity contribution >= 4 is 0 Å². The smallest absolute Gasteiger partial charge is 0.154 e. The first-order valence-corrected chi connectivity index (χ1v) is 6.83. The third-order valence-corrected chi connectivity index (χ3v) is 3.63. The number of ether oxygens (including phenoxy) is 1. The van der Waals surface area contributed by atoms with Gasteiger partial charge in [0.15, 0.2) is 5.82 Å². The lowest BCUT2D eigenvalue weighted by atomic mass is 9.99. The van der Waals surface area contributed by atoms with E-state index in [0.29, 0.717) is 0 Å². The monoisotopic (exact) mass is 278 g/mol. The maximum absolute atomic E-state index is 6.14. The van der Waals surface area contributed by atoms with Crippen molar-refractivity contribution in [1.29, 1.82) is 0 Å². The van der Waals surface area contributed by atoms with Crippen LogP contribution in [-0.4, -0.2) is 14.8 Å². The van der Waals surface area contributed by atoms with Gasteiger partial charge < -0.3 is 10.5 Å². The van der Waals surface area contributed by atoms with Crippen molar-refractivity contribution < 1.29 is 4.74 Å². The minimum absolute atomic E-state index is 0.132. The number of aromatic nitrogens is 3. The molecule has 3 aromatic rings. The lowest BCUT2D eigenvalue weighted by molar-refractivity contribution is 0.480. The van der Waals surface area contributed by atoms with Crippen molar-refractivity contribution in [1.82, 2.24) is 14.8 Å². The lowest BCUT2D eigenvalue weighted by Crippen LogP contribution is -2.23. The van der Waals surface area contributed by atoms with Crippen LogP contribution < -0.4 is 10.5 Å². The van der Waals surface area contributed by atoms with E-state index in [4.69, 9.17) is 10.5 Å². The van der Waals surface area contributed by atoms with E-state index >= 15 is 0 Å². The van der Waals surface area contributed by atoms with E-state index in [9.17, 15) is 0 Å². The third-order valence-electron chi connectivity index (χ3n) is 3.63. The zero-order chi connectivity index (χ0) is 14.2. The molecule has 0 bridgehead atoms. The topological polar surface area (TPSA) is 66.0 Å². The minimum atomic E-state index is -0.132. The summed E-state index contributed by atoms with van der Waals surface area (Å²) in [4.78, 5) is 0.